The van der Waals surface area contributed by atoms with E-state index in [9.17, 15) is 0 Å². The van der Waals surface area contributed by atoms with Crippen molar-refractivity contribution >= 4 is 5.69 Å². The highest BCUT2D eigenvalue weighted by molar-refractivity contribution is 5.49. The fourth-order valence-electron chi connectivity index (χ4n) is 0.731. The maximum Gasteiger partial charge on any atom is 0.118 e. The number of hydrogen-bond acceptors (Lipinski definition) is 1. The molecule has 0 aromatic heterocycles. The fraction of sp³-hybridized carbons (Fsp3) is 0.250. The molecule has 1 rings (SSSR count). The highest BCUT2D eigenvalue weighted by atomic mass is 16.5. The predicted molar refractivity (Wildman–Crippen MR) is 41.9 cm³/mol. The first-order valence-electron chi connectivity index (χ1n) is 3.10. The van der Waals surface area contributed by atoms with E-state index in [4.69, 9.17) is 4.74 Å². The second-order valence-electron chi connectivity index (χ2n) is 1.92. The Kier molecular flexibility index (Phi) is 2.15. The minimum atomic E-state index is 0.868. The molecule has 54 valence electrons. The minimum absolute atomic E-state index is 0.868. The van der Waals surface area contributed by atoms with Gasteiger partial charge in [-0.1, -0.05) is 12.1 Å². The molecule has 0 atom stereocenters. The van der Waals surface area contributed by atoms with E-state index in [1.54, 1.807) is 14.2 Å². The van der Waals surface area contributed by atoms with Gasteiger partial charge < -0.3 is 10.1 Å². The lowest BCUT2D eigenvalue weighted by atomic mass is 10.3. The quantitative estimate of drug-likeness (QED) is 0.612. The van der Waals surface area contributed by atoms with E-state index in [2.05, 4.69) is 5.32 Å². The Morgan fingerprint density at radius 1 is 1.20 bits per heavy atom. The summed E-state index contributed by atoms with van der Waals surface area (Å²) < 4.78 is 4.97. The maximum absolute atomic E-state index is 4.97. The topological polar surface area (TPSA) is 23.3 Å². The van der Waals surface area contributed by atoms with Gasteiger partial charge in [-0.05, 0) is 12.1 Å². The molecule has 0 aliphatic carbocycles. The summed E-state index contributed by atoms with van der Waals surface area (Å²) in [6.45, 7) is 0. The van der Waals surface area contributed by atoms with Crippen LogP contribution in [0.2, 0.25) is 0 Å². The largest absolute Gasteiger partial charge is 0.687 e. The van der Waals surface area contributed by atoms with E-state index in [-0.39, 0.29) is 0 Å². The number of benzene rings is 1. The number of hydrogen-bond donors (Lipinski definition) is 0. The average molecular weight is 136 g/mol. The van der Waals surface area contributed by atoms with Crippen molar-refractivity contribution < 1.29 is 4.74 Å². The first kappa shape index (κ1) is 6.93. The van der Waals surface area contributed by atoms with Crippen LogP contribution in [0.1, 0.15) is 0 Å². The molecule has 0 amide bonds. The molecule has 0 bridgehead atoms. The molecule has 10 heavy (non-hydrogen) atoms. The second kappa shape index (κ2) is 3.11. The monoisotopic (exact) mass is 136 g/mol. The third-order valence-corrected chi connectivity index (χ3v) is 1.33. The fourth-order valence-corrected chi connectivity index (χ4v) is 0.731. The molecule has 0 fully saturated rings. The van der Waals surface area contributed by atoms with Crippen molar-refractivity contribution in [2.45, 2.75) is 0 Å². The summed E-state index contributed by atoms with van der Waals surface area (Å²) in [4.78, 5) is 0. The van der Waals surface area contributed by atoms with Crippen molar-refractivity contribution in [3.8, 4) is 5.75 Å². The second-order valence-corrected chi connectivity index (χ2v) is 1.92. The normalized spacial score (nSPS) is 9.00. The van der Waals surface area contributed by atoms with E-state index in [1.165, 1.54) is 0 Å². The summed E-state index contributed by atoms with van der Waals surface area (Å²) in [6, 6.07) is 7.61. The highest BCUT2D eigenvalue weighted by Crippen LogP contribution is 2.19. The minimum Gasteiger partial charge on any atom is -0.687 e. The molecule has 1 aromatic carbocycles. The number of nitrogens with zero attached hydrogens (tertiary/aromatic N) is 1. The van der Waals surface area contributed by atoms with Gasteiger partial charge in [0.05, 0.1) is 7.11 Å². The maximum atomic E-state index is 4.97. The van der Waals surface area contributed by atoms with Gasteiger partial charge in [0.15, 0.2) is 0 Å². The third-order valence-electron chi connectivity index (χ3n) is 1.33. The van der Waals surface area contributed by atoms with Crippen molar-refractivity contribution in [1.82, 2.24) is 0 Å². The molecule has 0 N–H and O–H groups in total. The van der Waals surface area contributed by atoms with Gasteiger partial charge in [-0.15, -0.1) is 12.7 Å². The molecule has 0 saturated heterocycles. The van der Waals surface area contributed by atoms with Crippen molar-refractivity contribution in [1.29, 1.82) is 0 Å². The highest BCUT2D eigenvalue weighted by Gasteiger charge is 1.83. The molecular formula is C8H10NO-. The van der Waals surface area contributed by atoms with Crippen LogP contribution in [0, 0.1) is 0 Å². The Balaban J connectivity index is 2.80. The van der Waals surface area contributed by atoms with Crippen molar-refractivity contribution in [2.24, 2.45) is 0 Å². The zero-order valence-electron chi connectivity index (χ0n) is 6.16. The number of rotatable bonds is 2. The summed E-state index contributed by atoms with van der Waals surface area (Å²) >= 11 is 0. The molecule has 0 unspecified atom stereocenters. The first-order chi connectivity index (χ1) is 4.86. The molecule has 0 heterocycles. The Morgan fingerprint density at radius 2 is 1.80 bits per heavy atom. The van der Waals surface area contributed by atoms with Crippen LogP contribution in [-0.2, 0) is 0 Å². The number of methoxy groups -OCH3 is 1. The molecule has 0 aliphatic rings. The van der Waals surface area contributed by atoms with Gasteiger partial charge in [-0.3, -0.25) is 0 Å². The van der Waals surface area contributed by atoms with Gasteiger partial charge in [-0.2, -0.15) is 0 Å². The predicted octanol–water partition coefficient (Wildman–Crippen LogP) is 2.33. The molecule has 0 saturated carbocycles. The van der Waals surface area contributed by atoms with Crippen LogP contribution in [0.4, 0.5) is 5.69 Å². The Bertz CT molecular complexity index is 170. The van der Waals surface area contributed by atoms with Crippen LogP contribution in [0.15, 0.2) is 24.3 Å². The Labute approximate surface area is 60.8 Å². The first-order valence-corrected chi connectivity index (χ1v) is 3.10. The standard InChI is InChI=1S/C8H10NO/c1-9-7-3-5-8(10-2)6-4-7/h3-6H,1-2H3/q-1. The lowest BCUT2D eigenvalue weighted by molar-refractivity contribution is 0.415. The molecule has 0 radical (unpaired) electrons. The molecule has 1 aromatic rings. The molecule has 0 spiro atoms. The zero-order chi connectivity index (χ0) is 7.40. The van der Waals surface area contributed by atoms with E-state index >= 15 is 0 Å². The SMILES string of the molecule is C[N-]c1ccc(OC)cc1. The van der Waals surface area contributed by atoms with E-state index in [0.717, 1.165) is 11.4 Å². The molecule has 2 nitrogen and oxygen atoms in total. The molecule has 0 aliphatic heterocycles. The Hall–Kier alpha value is -1.18. The average Bonchev–Trinajstić information content (AvgIpc) is 2.05. The van der Waals surface area contributed by atoms with Crippen LogP contribution in [0.25, 0.3) is 5.32 Å². The lowest BCUT2D eigenvalue weighted by Gasteiger charge is -2.12. The van der Waals surface area contributed by atoms with Gasteiger partial charge in [0.1, 0.15) is 5.75 Å². The van der Waals surface area contributed by atoms with Gasteiger partial charge in [0, 0.05) is 0 Å². The third kappa shape index (κ3) is 1.41. The van der Waals surface area contributed by atoms with Crippen molar-refractivity contribution in [2.75, 3.05) is 14.2 Å². The lowest BCUT2D eigenvalue weighted by Crippen LogP contribution is -1.79. The zero-order valence-corrected chi connectivity index (χ0v) is 6.16. The number of ether oxygens (including phenoxy) is 1. The van der Waals surface area contributed by atoms with Gasteiger partial charge in [-0.25, -0.2) is 0 Å². The summed E-state index contributed by atoms with van der Waals surface area (Å²) in [5, 5.41) is 3.99. The van der Waals surface area contributed by atoms with Crippen LogP contribution in [0.5, 0.6) is 5.75 Å². The van der Waals surface area contributed by atoms with E-state index < -0.39 is 0 Å². The van der Waals surface area contributed by atoms with E-state index in [0.29, 0.717) is 0 Å². The Morgan fingerprint density at radius 3 is 2.20 bits per heavy atom. The van der Waals surface area contributed by atoms with Crippen LogP contribution < -0.4 is 4.74 Å². The summed E-state index contributed by atoms with van der Waals surface area (Å²) in [5.74, 6) is 0.868. The summed E-state index contributed by atoms with van der Waals surface area (Å²) in [6.07, 6.45) is 0. The van der Waals surface area contributed by atoms with Gasteiger partial charge in [0.25, 0.3) is 0 Å². The summed E-state index contributed by atoms with van der Waals surface area (Å²) in [5.41, 5.74) is 0.973. The molecule has 2 heteroatoms. The van der Waals surface area contributed by atoms with Crippen molar-refractivity contribution in [3.05, 3.63) is 29.6 Å². The van der Waals surface area contributed by atoms with Gasteiger partial charge in [0.2, 0.25) is 0 Å². The van der Waals surface area contributed by atoms with Crippen LogP contribution >= 0.6 is 0 Å². The summed E-state index contributed by atoms with van der Waals surface area (Å²) in [7, 11) is 3.42. The van der Waals surface area contributed by atoms with Crippen LogP contribution in [0.3, 0.4) is 0 Å². The molecular weight excluding hydrogens is 126 g/mol. The smallest absolute Gasteiger partial charge is 0.118 e. The van der Waals surface area contributed by atoms with Crippen LogP contribution in [-0.4, -0.2) is 14.2 Å². The van der Waals surface area contributed by atoms with E-state index in [1.807, 2.05) is 24.3 Å². The van der Waals surface area contributed by atoms with Gasteiger partial charge >= 0.3 is 0 Å². The van der Waals surface area contributed by atoms with Crippen molar-refractivity contribution in [3.63, 3.8) is 0 Å².